The van der Waals surface area contributed by atoms with E-state index < -0.39 is 0 Å². The quantitative estimate of drug-likeness (QED) is 0.596. The lowest BCUT2D eigenvalue weighted by molar-refractivity contribution is 0.416. The molecule has 0 unspecified atom stereocenters. The second kappa shape index (κ2) is 6.35. The predicted molar refractivity (Wildman–Crippen MR) is 88.9 cm³/mol. The average molecular weight is 290 g/mol. The van der Waals surface area contributed by atoms with Gasteiger partial charge in [-0.25, -0.2) is 0 Å². The van der Waals surface area contributed by atoms with Crippen molar-refractivity contribution in [1.29, 1.82) is 0 Å². The van der Waals surface area contributed by atoms with Crippen LogP contribution >= 0.6 is 0 Å². The van der Waals surface area contributed by atoms with Crippen LogP contribution in [-0.4, -0.2) is 0 Å². The molecular formula is C20H18O2. The fourth-order valence-corrected chi connectivity index (χ4v) is 2.19. The first-order chi connectivity index (χ1) is 10.7. The molecule has 3 aromatic carbocycles. The number of aryl methyl sites for hydroxylation is 1. The zero-order chi connectivity index (χ0) is 15.4. The first-order valence-electron chi connectivity index (χ1n) is 7.30. The van der Waals surface area contributed by atoms with E-state index in [0.717, 1.165) is 28.6 Å². The molecule has 0 N–H and O–H groups in total. The van der Waals surface area contributed by atoms with Crippen molar-refractivity contribution in [3.05, 3.63) is 83.9 Å². The normalized spacial score (nSPS) is 10.3. The van der Waals surface area contributed by atoms with E-state index in [4.69, 9.17) is 9.47 Å². The topological polar surface area (TPSA) is 18.5 Å². The third-order valence-electron chi connectivity index (χ3n) is 3.57. The molecule has 0 atom stereocenters. The molecule has 0 aromatic heterocycles. The third kappa shape index (κ3) is 3.12. The second-order valence-electron chi connectivity index (χ2n) is 5.16. The highest BCUT2D eigenvalue weighted by molar-refractivity contribution is 5.53. The molecule has 22 heavy (non-hydrogen) atoms. The summed E-state index contributed by atoms with van der Waals surface area (Å²) in [6.45, 7) is 4.12. The molecule has 0 radical (unpaired) electrons. The van der Waals surface area contributed by atoms with E-state index in [9.17, 15) is 0 Å². The third-order valence-corrected chi connectivity index (χ3v) is 3.57. The fourth-order valence-electron chi connectivity index (χ4n) is 2.19. The molecule has 110 valence electrons. The van der Waals surface area contributed by atoms with Crippen LogP contribution < -0.4 is 9.47 Å². The Labute approximate surface area is 131 Å². The number of hydrogen-bond acceptors (Lipinski definition) is 2. The van der Waals surface area contributed by atoms with Crippen molar-refractivity contribution in [3.63, 3.8) is 0 Å². The van der Waals surface area contributed by atoms with Gasteiger partial charge in [0.05, 0.1) is 0 Å². The van der Waals surface area contributed by atoms with Gasteiger partial charge in [0.15, 0.2) is 11.5 Å². The van der Waals surface area contributed by atoms with Crippen LogP contribution in [0.1, 0.15) is 11.1 Å². The smallest absolute Gasteiger partial charge is 0.173 e. The molecule has 0 bridgehead atoms. The predicted octanol–water partition coefficient (Wildman–Crippen LogP) is 5.89. The molecule has 0 saturated heterocycles. The van der Waals surface area contributed by atoms with E-state index in [2.05, 4.69) is 6.92 Å². The van der Waals surface area contributed by atoms with Crippen molar-refractivity contribution in [2.45, 2.75) is 13.8 Å². The van der Waals surface area contributed by atoms with Gasteiger partial charge in [-0.15, -0.1) is 0 Å². The summed E-state index contributed by atoms with van der Waals surface area (Å²) >= 11 is 0. The Bertz CT molecular complexity index is 749. The number of benzene rings is 3. The SMILES string of the molecule is Cc1ccc(Oc2ccccc2)c(Oc2ccccc2)c1C. The van der Waals surface area contributed by atoms with Gasteiger partial charge in [-0.1, -0.05) is 42.5 Å². The largest absolute Gasteiger partial charge is 0.453 e. The van der Waals surface area contributed by atoms with Crippen molar-refractivity contribution in [3.8, 4) is 23.0 Å². The highest BCUT2D eigenvalue weighted by Gasteiger charge is 2.12. The van der Waals surface area contributed by atoms with Crippen LogP contribution in [0.2, 0.25) is 0 Å². The summed E-state index contributed by atoms with van der Waals surface area (Å²) in [5.74, 6) is 3.07. The maximum atomic E-state index is 6.07. The van der Waals surface area contributed by atoms with Gasteiger partial charge in [-0.05, 0) is 55.3 Å². The average Bonchev–Trinajstić information content (AvgIpc) is 2.56. The van der Waals surface area contributed by atoms with Gasteiger partial charge >= 0.3 is 0 Å². The molecule has 0 aliphatic rings. The van der Waals surface area contributed by atoms with E-state index in [0.29, 0.717) is 0 Å². The molecule has 0 spiro atoms. The first kappa shape index (κ1) is 14.2. The molecule has 3 aromatic rings. The summed E-state index contributed by atoms with van der Waals surface area (Å²) in [5.41, 5.74) is 2.25. The van der Waals surface area contributed by atoms with Crippen molar-refractivity contribution in [2.75, 3.05) is 0 Å². The summed E-state index contributed by atoms with van der Waals surface area (Å²) in [6, 6.07) is 23.5. The van der Waals surface area contributed by atoms with Crippen LogP contribution in [0.3, 0.4) is 0 Å². The van der Waals surface area contributed by atoms with Gasteiger partial charge in [0.25, 0.3) is 0 Å². The molecule has 0 saturated carbocycles. The molecule has 3 rings (SSSR count). The van der Waals surface area contributed by atoms with Crippen molar-refractivity contribution in [1.82, 2.24) is 0 Å². The molecule has 0 amide bonds. The van der Waals surface area contributed by atoms with Crippen molar-refractivity contribution in [2.24, 2.45) is 0 Å². The van der Waals surface area contributed by atoms with Gasteiger partial charge < -0.3 is 9.47 Å². The molecule has 2 heteroatoms. The van der Waals surface area contributed by atoms with Crippen LogP contribution in [0.4, 0.5) is 0 Å². The van der Waals surface area contributed by atoms with Gasteiger partial charge in [0, 0.05) is 0 Å². The monoisotopic (exact) mass is 290 g/mol. The number of ether oxygens (including phenoxy) is 2. The van der Waals surface area contributed by atoms with Crippen LogP contribution in [0.15, 0.2) is 72.8 Å². The molecule has 0 fully saturated rings. The maximum Gasteiger partial charge on any atom is 0.173 e. The Morgan fingerprint density at radius 2 is 1.14 bits per heavy atom. The molecule has 0 heterocycles. The minimum atomic E-state index is 0.721. The summed E-state index contributed by atoms with van der Waals surface area (Å²) in [5, 5.41) is 0. The lowest BCUT2D eigenvalue weighted by Gasteiger charge is -2.16. The lowest BCUT2D eigenvalue weighted by Crippen LogP contribution is -1.95. The maximum absolute atomic E-state index is 6.07. The number of para-hydroxylation sites is 2. The molecule has 2 nitrogen and oxygen atoms in total. The summed E-state index contributed by atoms with van der Waals surface area (Å²) in [6.07, 6.45) is 0. The van der Waals surface area contributed by atoms with E-state index in [1.165, 1.54) is 5.56 Å². The van der Waals surface area contributed by atoms with E-state index in [-0.39, 0.29) is 0 Å². The fraction of sp³-hybridized carbons (Fsp3) is 0.100. The van der Waals surface area contributed by atoms with E-state index in [1.54, 1.807) is 0 Å². The Morgan fingerprint density at radius 1 is 0.591 bits per heavy atom. The van der Waals surface area contributed by atoms with Crippen LogP contribution in [0.25, 0.3) is 0 Å². The first-order valence-corrected chi connectivity index (χ1v) is 7.30. The van der Waals surface area contributed by atoms with Gasteiger partial charge in [-0.2, -0.15) is 0 Å². The Hall–Kier alpha value is -2.74. The molecular weight excluding hydrogens is 272 g/mol. The van der Waals surface area contributed by atoms with E-state index in [1.807, 2.05) is 79.7 Å². The minimum Gasteiger partial charge on any atom is -0.453 e. The second-order valence-corrected chi connectivity index (χ2v) is 5.16. The number of hydrogen-bond donors (Lipinski definition) is 0. The highest BCUT2D eigenvalue weighted by Crippen LogP contribution is 2.38. The number of rotatable bonds is 4. The molecule has 0 aliphatic heterocycles. The minimum absolute atomic E-state index is 0.721. The Balaban J connectivity index is 1.97. The zero-order valence-corrected chi connectivity index (χ0v) is 12.7. The van der Waals surface area contributed by atoms with E-state index >= 15 is 0 Å². The summed E-state index contributed by atoms with van der Waals surface area (Å²) in [7, 11) is 0. The molecule has 0 aliphatic carbocycles. The van der Waals surface area contributed by atoms with Crippen LogP contribution in [0.5, 0.6) is 23.0 Å². The van der Waals surface area contributed by atoms with Crippen LogP contribution in [0, 0.1) is 13.8 Å². The Kier molecular flexibility index (Phi) is 4.10. The standard InChI is InChI=1S/C20H18O2/c1-15-13-14-19(21-17-9-5-3-6-10-17)20(16(15)2)22-18-11-7-4-8-12-18/h3-14H,1-2H3. The van der Waals surface area contributed by atoms with Crippen LogP contribution in [-0.2, 0) is 0 Å². The lowest BCUT2D eigenvalue weighted by atomic mass is 10.1. The summed E-state index contributed by atoms with van der Waals surface area (Å²) in [4.78, 5) is 0. The summed E-state index contributed by atoms with van der Waals surface area (Å²) < 4.78 is 12.1. The highest BCUT2D eigenvalue weighted by atomic mass is 16.5. The Morgan fingerprint density at radius 3 is 1.73 bits per heavy atom. The van der Waals surface area contributed by atoms with Gasteiger partial charge in [-0.3, -0.25) is 0 Å². The van der Waals surface area contributed by atoms with Gasteiger partial charge in [0.1, 0.15) is 11.5 Å². The van der Waals surface area contributed by atoms with Crippen molar-refractivity contribution < 1.29 is 9.47 Å². The zero-order valence-electron chi connectivity index (χ0n) is 12.7. The van der Waals surface area contributed by atoms with Gasteiger partial charge in [0.2, 0.25) is 0 Å². The van der Waals surface area contributed by atoms with Crippen molar-refractivity contribution >= 4 is 0 Å².